The first-order valence-electron chi connectivity index (χ1n) is 4.53. The van der Waals surface area contributed by atoms with E-state index in [1.807, 2.05) is 0 Å². The fourth-order valence-corrected chi connectivity index (χ4v) is 3.03. The van der Waals surface area contributed by atoms with Gasteiger partial charge in [-0.2, -0.15) is 0 Å². The molecule has 0 aliphatic carbocycles. The minimum atomic E-state index is -3.62. The van der Waals surface area contributed by atoms with Crippen molar-refractivity contribution in [1.29, 1.82) is 0 Å². The predicted molar refractivity (Wildman–Crippen MR) is 65.4 cm³/mol. The molecule has 0 aliphatic rings. The summed E-state index contributed by atoms with van der Waals surface area (Å²) >= 11 is 4.71. The molecule has 1 aromatic rings. The zero-order valence-corrected chi connectivity index (χ0v) is 10.3. The zero-order chi connectivity index (χ0) is 12.2. The number of nitrogens with one attached hydrogen (secondary N) is 1. The van der Waals surface area contributed by atoms with Crippen molar-refractivity contribution in [1.82, 2.24) is 9.97 Å². The highest BCUT2D eigenvalue weighted by atomic mass is 32.2. The second-order valence-corrected chi connectivity index (χ2v) is 5.41. The largest absolute Gasteiger partial charge is 0.392 e. The van der Waals surface area contributed by atoms with Gasteiger partial charge in [-0.15, -0.1) is 0 Å². The number of hydrogen-bond donors (Lipinski definition) is 2. The van der Waals surface area contributed by atoms with Crippen LogP contribution in [-0.2, 0) is 10.0 Å². The van der Waals surface area contributed by atoms with E-state index < -0.39 is 15.3 Å². The fraction of sp³-hybridized carbons (Fsp3) is 0.375. The van der Waals surface area contributed by atoms with Crippen molar-refractivity contribution >= 4 is 32.9 Å². The molecule has 8 heteroatoms. The first-order valence-corrected chi connectivity index (χ1v) is 6.48. The average Bonchev–Trinajstić information content (AvgIpc) is 2.18. The summed E-state index contributed by atoms with van der Waals surface area (Å²) in [6, 6.07) is 0. The normalized spacial score (nSPS) is 13.1. The summed E-state index contributed by atoms with van der Waals surface area (Å²) in [4.78, 5) is 7.34. The predicted octanol–water partition coefficient (Wildman–Crippen LogP) is 0.283. The van der Waals surface area contributed by atoms with Crippen molar-refractivity contribution in [2.45, 2.75) is 18.6 Å². The third kappa shape index (κ3) is 3.11. The molecule has 6 nitrogen and oxygen atoms in total. The molecule has 0 radical (unpaired) electrons. The van der Waals surface area contributed by atoms with Crippen LogP contribution in [-0.4, -0.2) is 28.6 Å². The van der Waals surface area contributed by atoms with E-state index in [0.717, 1.165) is 0 Å². The molecule has 0 fully saturated rings. The van der Waals surface area contributed by atoms with E-state index in [9.17, 15) is 8.42 Å². The van der Waals surface area contributed by atoms with Crippen LogP contribution in [0.3, 0.4) is 0 Å². The summed E-state index contributed by atoms with van der Waals surface area (Å²) in [5.74, 6) is 0. The van der Waals surface area contributed by atoms with Gasteiger partial charge < -0.3 is 5.73 Å². The Kier molecular flexibility index (Phi) is 4.13. The molecule has 3 N–H and O–H groups in total. The Morgan fingerprint density at radius 3 is 2.56 bits per heavy atom. The van der Waals surface area contributed by atoms with Crippen molar-refractivity contribution < 1.29 is 8.42 Å². The standard InChI is InChI=1S/C8H12N4O2S2/c1-2-7(8(9)15)16(13,14)12-6-3-10-5-11-4-6/h3-5,7,12H,2H2,1H3,(H2,9,15). The summed E-state index contributed by atoms with van der Waals surface area (Å²) in [5.41, 5.74) is 5.66. The molecule has 0 saturated heterocycles. The number of rotatable bonds is 5. The number of nitrogens with zero attached hydrogens (tertiary/aromatic N) is 2. The third-order valence-electron chi connectivity index (χ3n) is 1.88. The third-order valence-corrected chi connectivity index (χ3v) is 4.17. The van der Waals surface area contributed by atoms with Crippen molar-refractivity contribution in [2.24, 2.45) is 5.73 Å². The molecule has 88 valence electrons. The van der Waals surface area contributed by atoms with Crippen molar-refractivity contribution in [3.63, 3.8) is 0 Å². The van der Waals surface area contributed by atoms with E-state index in [1.54, 1.807) is 6.92 Å². The summed E-state index contributed by atoms with van der Waals surface area (Å²) in [6.45, 7) is 1.70. The quantitative estimate of drug-likeness (QED) is 0.738. The van der Waals surface area contributed by atoms with Crippen LogP contribution < -0.4 is 10.5 Å². The van der Waals surface area contributed by atoms with Gasteiger partial charge in [-0.05, 0) is 6.42 Å². The smallest absolute Gasteiger partial charge is 0.242 e. The Labute approximate surface area is 99.3 Å². The van der Waals surface area contributed by atoms with Crippen LogP contribution in [0.1, 0.15) is 13.3 Å². The summed E-state index contributed by atoms with van der Waals surface area (Å²) in [6.07, 6.45) is 4.34. The Morgan fingerprint density at radius 1 is 1.56 bits per heavy atom. The Hall–Kier alpha value is -1.28. The minimum Gasteiger partial charge on any atom is -0.392 e. The number of nitrogens with two attached hydrogens (primary N) is 1. The average molecular weight is 260 g/mol. The van der Waals surface area contributed by atoms with Crippen LogP contribution in [0.5, 0.6) is 0 Å². The maximum atomic E-state index is 11.8. The van der Waals surface area contributed by atoms with E-state index in [4.69, 9.17) is 18.0 Å². The molecule has 1 rings (SSSR count). The van der Waals surface area contributed by atoms with Gasteiger partial charge in [-0.3, -0.25) is 4.72 Å². The first-order chi connectivity index (χ1) is 7.47. The Balaban J connectivity index is 2.91. The lowest BCUT2D eigenvalue weighted by Gasteiger charge is -2.15. The molecular weight excluding hydrogens is 248 g/mol. The number of thiocarbonyl (C=S) groups is 1. The highest BCUT2D eigenvalue weighted by Gasteiger charge is 2.26. The van der Waals surface area contributed by atoms with Crippen LogP contribution in [0, 0.1) is 0 Å². The van der Waals surface area contributed by atoms with Crippen molar-refractivity contribution in [3.05, 3.63) is 18.7 Å². The van der Waals surface area contributed by atoms with Gasteiger partial charge in [0.15, 0.2) is 0 Å². The highest BCUT2D eigenvalue weighted by Crippen LogP contribution is 2.11. The van der Waals surface area contributed by atoms with Gasteiger partial charge in [-0.25, -0.2) is 18.4 Å². The molecule has 0 bridgehead atoms. The molecule has 0 aliphatic heterocycles. The fourth-order valence-electron chi connectivity index (χ4n) is 1.16. The SMILES string of the molecule is CCC(C(N)=S)S(=O)(=O)Nc1cncnc1. The van der Waals surface area contributed by atoms with Crippen molar-refractivity contribution in [3.8, 4) is 0 Å². The van der Waals surface area contributed by atoms with Crippen LogP contribution in [0.2, 0.25) is 0 Å². The van der Waals surface area contributed by atoms with E-state index in [2.05, 4.69) is 14.7 Å². The van der Waals surface area contributed by atoms with Gasteiger partial charge in [0.25, 0.3) is 0 Å². The highest BCUT2D eigenvalue weighted by molar-refractivity contribution is 7.95. The van der Waals surface area contributed by atoms with E-state index in [0.29, 0.717) is 6.42 Å². The van der Waals surface area contributed by atoms with Crippen LogP contribution in [0.4, 0.5) is 5.69 Å². The van der Waals surface area contributed by atoms with E-state index in [1.165, 1.54) is 18.7 Å². The molecular formula is C8H12N4O2S2. The lowest BCUT2D eigenvalue weighted by Crippen LogP contribution is -2.37. The summed E-state index contributed by atoms with van der Waals surface area (Å²) in [5, 5.41) is -0.886. The molecule has 0 aromatic carbocycles. The Bertz CT molecular complexity index is 460. The minimum absolute atomic E-state index is 0.0492. The van der Waals surface area contributed by atoms with Gasteiger partial charge in [0.05, 0.1) is 23.1 Å². The van der Waals surface area contributed by atoms with Crippen LogP contribution in [0.25, 0.3) is 0 Å². The zero-order valence-electron chi connectivity index (χ0n) is 8.62. The number of aromatic nitrogens is 2. The van der Waals surface area contributed by atoms with Crippen molar-refractivity contribution in [2.75, 3.05) is 4.72 Å². The van der Waals surface area contributed by atoms with Crippen LogP contribution in [0.15, 0.2) is 18.7 Å². The maximum absolute atomic E-state index is 11.8. The Morgan fingerprint density at radius 2 is 2.12 bits per heavy atom. The maximum Gasteiger partial charge on any atom is 0.242 e. The monoisotopic (exact) mass is 260 g/mol. The van der Waals surface area contributed by atoms with Gasteiger partial charge in [0.1, 0.15) is 11.6 Å². The van der Waals surface area contributed by atoms with E-state index in [-0.39, 0.29) is 10.7 Å². The van der Waals surface area contributed by atoms with E-state index >= 15 is 0 Å². The second-order valence-electron chi connectivity index (χ2n) is 3.07. The van der Waals surface area contributed by atoms with Gasteiger partial charge in [-0.1, -0.05) is 19.1 Å². The number of anilines is 1. The topological polar surface area (TPSA) is 98.0 Å². The molecule has 16 heavy (non-hydrogen) atoms. The molecule has 0 spiro atoms. The molecule has 1 atom stereocenters. The summed E-state index contributed by atoms with van der Waals surface area (Å²) in [7, 11) is -3.62. The summed E-state index contributed by atoms with van der Waals surface area (Å²) < 4.78 is 26.0. The molecule has 1 aromatic heterocycles. The lowest BCUT2D eigenvalue weighted by molar-refractivity contribution is 0.594. The number of sulfonamides is 1. The number of hydrogen-bond acceptors (Lipinski definition) is 5. The first kappa shape index (κ1) is 12.8. The van der Waals surface area contributed by atoms with Gasteiger partial charge in [0, 0.05) is 0 Å². The van der Waals surface area contributed by atoms with Gasteiger partial charge in [0.2, 0.25) is 10.0 Å². The lowest BCUT2D eigenvalue weighted by atomic mass is 10.3. The second kappa shape index (κ2) is 5.17. The van der Waals surface area contributed by atoms with Crippen LogP contribution >= 0.6 is 12.2 Å². The molecule has 0 amide bonds. The molecule has 1 unspecified atom stereocenters. The van der Waals surface area contributed by atoms with Gasteiger partial charge >= 0.3 is 0 Å². The molecule has 0 saturated carbocycles. The molecule has 1 heterocycles.